The van der Waals surface area contributed by atoms with Crippen LogP contribution in [0.25, 0.3) is 0 Å². The van der Waals surface area contributed by atoms with Crippen molar-refractivity contribution in [3.05, 3.63) is 64.1 Å². The Bertz CT molecular complexity index is 1060. The first kappa shape index (κ1) is 19.1. The molecule has 28 heavy (non-hydrogen) atoms. The molecule has 0 bridgehead atoms. The summed E-state index contributed by atoms with van der Waals surface area (Å²) in [6.45, 7) is 4.99. The van der Waals surface area contributed by atoms with Gasteiger partial charge in [0.2, 0.25) is 0 Å². The second kappa shape index (κ2) is 6.98. The van der Waals surface area contributed by atoms with Crippen molar-refractivity contribution in [2.45, 2.75) is 25.0 Å². The predicted molar refractivity (Wildman–Crippen MR) is 109 cm³/mol. The van der Waals surface area contributed by atoms with Gasteiger partial charge < -0.3 is 0 Å². The summed E-state index contributed by atoms with van der Waals surface area (Å²) in [7, 11) is -3.79. The summed E-state index contributed by atoms with van der Waals surface area (Å²) in [4.78, 5) is 15.3. The molecule has 146 valence electrons. The van der Waals surface area contributed by atoms with Gasteiger partial charge in [-0.1, -0.05) is 41.9 Å². The molecule has 9 heteroatoms. The molecule has 0 fully saturated rings. The van der Waals surface area contributed by atoms with E-state index in [4.69, 9.17) is 0 Å². The van der Waals surface area contributed by atoms with Gasteiger partial charge in [-0.05, 0) is 49.5 Å². The van der Waals surface area contributed by atoms with Gasteiger partial charge in [-0.3, -0.25) is 9.69 Å². The maximum atomic E-state index is 13.2. The summed E-state index contributed by atoms with van der Waals surface area (Å²) in [5, 5.41) is 5.75. The number of hydrazone groups is 1. The lowest BCUT2D eigenvalue weighted by molar-refractivity contribution is 0.0184. The van der Waals surface area contributed by atoms with Gasteiger partial charge in [-0.25, -0.2) is 12.7 Å². The second-order valence-electron chi connectivity index (χ2n) is 6.44. The molecule has 0 N–H and O–H groups in total. The zero-order valence-corrected chi connectivity index (χ0v) is 17.8. The maximum absolute atomic E-state index is 13.2. The number of rotatable bonds is 4. The number of fused-ring (bicyclic) bond motifs is 3. The predicted octanol–water partition coefficient (Wildman–Crippen LogP) is 2.90. The van der Waals surface area contributed by atoms with E-state index in [1.54, 1.807) is 48.5 Å². The smallest absolute Gasteiger partial charge is 0.267 e. The first-order valence-electron chi connectivity index (χ1n) is 8.95. The fourth-order valence-corrected chi connectivity index (χ4v) is 5.52. The summed E-state index contributed by atoms with van der Waals surface area (Å²) in [5.74, 6) is -0.0584. The van der Waals surface area contributed by atoms with Crippen molar-refractivity contribution in [1.29, 1.82) is 0 Å². The Kier molecular flexibility index (Phi) is 4.76. The molecule has 2 aromatic rings. The monoisotopic (exact) mass is 462 g/mol. The quantitative estimate of drug-likeness (QED) is 0.699. The van der Waals surface area contributed by atoms with Crippen molar-refractivity contribution >= 4 is 37.7 Å². The number of amides is 1. The van der Waals surface area contributed by atoms with E-state index in [0.29, 0.717) is 24.2 Å². The fraction of sp³-hybridized carbons (Fsp3) is 0.263. The first-order valence-corrected chi connectivity index (χ1v) is 11.2. The summed E-state index contributed by atoms with van der Waals surface area (Å²) in [6, 6.07) is 13.7. The lowest BCUT2D eigenvalue weighted by Gasteiger charge is -2.35. The molecule has 2 aromatic carbocycles. The number of hydrogen-bond donors (Lipinski definition) is 0. The number of carbonyl (C=O) groups excluding carboxylic acids is 1. The van der Waals surface area contributed by atoms with Crippen LogP contribution < -0.4 is 0 Å². The van der Waals surface area contributed by atoms with Crippen LogP contribution in [0.4, 0.5) is 0 Å². The molecular weight excluding hydrogens is 444 g/mol. The van der Waals surface area contributed by atoms with E-state index in [0.717, 1.165) is 4.47 Å². The number of halogens is 1. The lowest BCUT2D eigenvalue weighted by Crippen LogP contribution is -2.55. The summed E-state index contributed by atoms with van der Waals surface area (Å²) >= 11 is 3.36. The van der Waals surface area contributed by atoms with Crippen LogP contribution in [0.1, 0.15) is 29.8 Å². The second-order valence-corrected chi connectivity index (χ2v) is 9.14. The van der Waals surface area contributed by atoms with Crippen LogP contribution in [0.3, 0.4) is 0 Å². The summed E-state index contributed by atoms with van der Waals surface area (Å²) < 4.78 is 28.6. The number of carbonyl (C=O) groups is 1. The SMILES string of the molecule is CCN(CC)[C@@H]1N(C(=O)c2ccc(Br)cc2)N=C2c3ccccc3S(=O)(=O)N21. The highest BCUT2D eigenvalue weighted by molar-refractivity contribution is 9.10. The number of amidine groups is 1. The topological polar surface area (TPSA) is 73.3 Å². The van der Waals surface area contributed by atoms with Crippen molar-refractivity contribution in [2.75, 3.05) is 13.1 Å². The van der Waals surface area contributed by atoms with Gasteiger partial charge in [0.05, 0.1) is 4.90 Å². The van der Waals surface area contributed by atoms with Crippen molar-refractivity contribution in [1.82, 2.24) is 14.2 Å². The average Bonchev–Trinajstić information content (AvgIpc) is 3.19. The van der Waals surface area contributed by atoms with Crippen molar-refractivity contribution in [2.24, 2.45) is 5.10 Å². The zero-order chi connectivity index (χ0) is 20.1. The van der Waals surface area contributed by atoms with Crippen LogP contribution in [0.15, 0.2) is 63.0 Å². The highest BCUT2D eigenvalue weighted by atomic mass is 79.9. The third-order valence-corrected chi connectivity index (χ3v) is 7.26. The van der Waals surface area contributed by atoms with Crippen molar-refractivity contribution < 1.29 is 13.2 Å². The van der Waals surface area contributed by atoms with Gasteiger partial charge in [0.15, 0.2) is 12.1 Å². The van der Waals surface area contributed by atoms with E-state index < -0.39 is 16.3 Å². The Hall–Kier alpha value is -2.23. The molecule has 0 radical (unpaired) electrons. The molecular formula is C19H19BrN4O3S. The van der Waals surface area contributed by atoms with Gasteiger partial charge in [-0.15, -0.1) is 5.10 Å². The third-order valence-electron chi connectivity index (χ3n) is 4.94. The minimum atomic E-state index is -3.79. The molecule has 0 spiro atoms. The Morgan fingerprint density at radius 2 is 1.75 bits per heavy atom. The van der Waals surface area contributed by atoms with Crippen LogP contribution in [-0.2, 0) is 10.0 Å². The van der Waals surface area contributed by atoms with Crippen molar-refractivity contribution in [3.63, 3.8) is 0 Å². The molecule has 1 amide bonds. The third kappa shape index (κ3) is 2.76. The van der Waals surface area contributed by atoms with Crippen LogP contribution in [0.5, 0.6) is 0 Å². The van der Waals surface area contributed by atoms with Gasteiger partial charge in [0.25, 0.3) is 15.9 Å². The van der Waals surface area contributed by atoms with E-state index in [2.05, 4.69) is 21.0 Å². The number of sulfonamides is 1. The summed E-state index contributed by atoms with van der Waals surface area (Å²) in [6.07, 6.45) is -0.835. The molecule has 0 saturated heterocycles. The molecule has 7 nitrogen and oxygen atoms in total. The van der Waals surface area contributed by atoms with Crippen LogP contribution >= 0.6 is 15.9 Å². The highest BCUT2D eigenvalue weighted by Gasteiger charge is 2.53. The average molecular weight is 463 g/mol. The van der Waals surface area contributed by atoms with E-state index in [1.807, 2.05) is 18.7 Å². The normalized spacial score (nSPS) is 19.6. The van der Waals surface area contributed by atoms with Crippen molar-refractivity contribution in [3.8, 4) is 0 Å². The Morgan fingerprint density at radius 1 is 1.11 bits per heavy atom. The zero-order valence-electron chi connectivity index (χ0n) is 15.4. The maximum Gasteiger partial charge on any atom is 0.277 e. The highest BCUT2D eigenvalue weighted by Crippen LogP contribution is 2.38. The Labute approximate surface area is 172 Å². The van der Waals surface area contributed by atoms with Gasteiger partial charge in [-0.2, -0.15) is 5.01 Å². The number of benzene rings is 2. The number of nitrogens with zero attached hydrogens (tertiary/aromatic N) is 4. The molecule has 2 aliphatic heterocycles. The minimum Gasteiger partial charge on any atom is -0.267 e. The molecule has 2 aliphatic rings. The lowest BCUT2D eigenvalue weighted by atomic mass is 10.2. The van der Waals surface area contributed by atoms with E-state index in [9.17, 15) is 13.2 Å². The number of hydrogen-bond acceptors (Lipinski definition) is 5. The molecule has 4 rings (SSSR count). The Morgan fingerprint density at radius 3 is 2.39 bits per heavy atom. The van der Waals surface area contributed by atoms with E-state index >= 15 is 0 Å². The van der Waals surface area contributed by atoms with Crippen LogP contribution in [0.2, 0.25) is 0 Å². The summed E-state index contributed by atoms with van der Waals surface area (Å²) in [5.41, 5.74) is 0.960. The minimum absolute atomic E-state index is 0.224. The van der Waals surface area contributed by atoms with Crippen LogP contribution in [-0.4, -0.2) is 53.8 Å². The van der Waals surface area contributed by atoms with Gasteiger partial charge >= 0.3 is 0 Å². The van der Waals surface area contributed by atoms with E-state index in [-0.39, 0.29) is 16.6 Å². The molecule has 2 heterocycles. The standard InChI is InChI=1S/C19H19BrN4O3S/c1-3-22(4-2)19-23(18(25)13-9-11-14(20)12-10-13)21-17-15-7-5-6-8-16(15)28(26,27)24(17)19/h5-12,19H,3-4H2,1-2H3/t19-/m1/s1. The van der Waals surface area contributed by atoms with Gasteiger partial charge in [0.1, 0.15) is 0 Å². The fourth-order valence-electron chi connectivity index (χ4n) is 3.53. The molecule has 0 aliphatic carbocycles. The first-order chi connectivity index (χ1) is 13.4. The molecule has 1 atom stereocenters. The largest absolute Gasteiger partial charge is 0.277 e. The molecule has 0 saturated carbocycles. The molecule has 0 aromatic heterocycles. The van der Waals surface area contributed by atoms with Crippen LogP contribution in [0, 0.1) is 0 Å². The Balaban J connectivity index is 1.86. The van der Waals surface area contributed by atoms with Gasteiger partial charge in [0, 0.05) is 15.6 Å². The van der Waals surface area contributed by atoms with E-state index in [1.165, 1.54) is 9.31 Å². The molecule has 0 unspecified atom stereocenters.